The Labute approximate surface area is 144 Å². The van der Waals surface area contributed by atoms with Crippen molar-refractivity contribution in [2.45, 2.75) is 27.7 Å². The van der Waals surface area contributed by atoms with Crippen LogP contribution in [0.2, 0.25) is 0 Å². The third kappa shape index (κ3) is 3.40. The van der Waals surface area contributed by atoms with E-state index in [1.165, 1.54) is 4.52 Å². The van der Waals surface area contributed by atoms with E-state index in [4.69, 9.17) is 4.74 Å². The standard InChI is InChI=1S/C18H18N4O3/c1-10-5-6-11(2)14(7-10)15(23)9-25-17(24)16-20-18-19-12(3)8-13(4)22(18)21-16/h5-8H,9H2,1-4H3. The largest absolute Gasteiger partial charge is 0.451 e. The van der Waals surface area contributed by atoms with Gasteiger partial charge in [0, 0.05) is 17.0 Å². The number of hydrogen-bond donors (Lipinski definition) is 0. The van der Waals surface area contributed by atoms with E-state index in [9.17, 15) is 9.59 Å². The summed E-state index contributed by atoms with van der Waals surface area (Å²) in [5, 5.41) is 4.09. The van der Waals surface area contributed by atoms with Crippen LogP contribution in [-0.4, -0.2) is 37.9 Å². The normalized spacial score (nSPS) is 10.9. The van der Waals surface area contributed by atoms with Crippen molar-refractivity contribution < 1.29 is 14.3 Å². The minimum Gasteiger partial charge on any atom is -0.451 e. The van der Waals surface area contributed by atoms with Crippen LogP contribution < -0.4 is 0 Å². The molecule has 0 aliphatic carbocycles. The number of hydrogen-bond acceptors (Lipinski definition) is 6. The van der Waals surface area contributed by atoms with Gasteiger partial charge in [0.05, 0.1) is 0 Å². The van der Waals surface area contributed by atoms with E-state index in [0.29, 0.717) is 11.3 Å². The fraction of sp³-hybridized carbons (Fsp3) is 0.278. The van der Waals surface area contributed by atoms with Gasteiger partial charge in [0.1, 0.15) is 0 Å². The molecule has 0 unspecified atom stereocenters. The Morgan fingerprint density at radius 2 is 1.84 bits per heavy atom. The summed E-state index contributed by atoms with van der Waals surface area (Å²) in [4.78, 5) is 32.7. The van der Waals surface area contributed by atoms with Crippen molar-refractivity contribution in [1.82, 2.24) is 19.6 Å². The van der Waals surface area contributed by atoms with Crippen molar-refractivity contribution in [3.05, 3.63) is 58.2 Å². The SMILES string of the molecule is Cc1ccc(C)c(C(=O)COC(=O)c2nc3nc(C)cc(C)n3n2)c1. The molecule has 3 rings (SSSR count). The molecular formula is C18H18N4O3. The number of esters is 1. The fourth-order valence-corrected chi connectivity index (χ4v) is 2.56. The van der Waals surface area contributed by atoms with Crippen LogP contribution in [0.15, 0.2) is 24.3 Å². The maximum atomic E-state index is 12.3. The lowest BCUT2D eigenvalue weighted by Crippen LogP contribution is -2.16. The zero-order valence-corrected chi connectivity index (χ0v) is 14.5. The second-order valence-electron chi connectivity index (χ2n) is 6.00. The quantitative estimate of drug-likeness (QED) is 0.536. The Morgan fingerprint density at radius 3 is 2.60 bits per heavy atom. The molecule has 0 fully saturated rings. The minimum atomic E-state index is -0.749. The zero-order chi connectivity index (χ0) is 18.1. The van der Waals surface area contributed by atoms with Crippen LogP contribution in [0.4, 0.5) is 0 Å². The van der Waals surface area contributed by atoms with Gasteiger partial charge < -0.3 is 4.74 Å². The molecule has 0 aliphatic rings. The number of Topliss-reactive ketones (excluding diaryl/α,β-unsaturated/α-hetero) is 1. The van der Waals surface area contributed by atoms with Crippen LogP contribution in [0, 0.1) is 27.7 Å². The van der Waals surface area contributed by atoms with Crippen LogP contribution in [0.3, 0.4) is 0 Å². The predicted octanol–water partition coefficient (Wildman–Crippen LogP) is 2.40. The van der Waals surface area contributed by atoms with Crippen molar-refractivity contribution in [1.29, 1.82) is 0 Å². The summed E-state index contributed by atoms with van der Waals surface area (Å²) in [5.41, 5.74) is 3.94. The van der Waals surface area contributed by atoms with Crippen LogP contribution in [-0.2, 0) is 4.74 Å². The molecule has 3 aromatic rings. The molecule has 0 spiro atoms. The van der Waals surface area contributed by atoms with Crippen molar-refractivity contribution in [3.8, 4) is 0 Å². The lowest BCUT2D eigenvalue weighted by molar-refractivity contribution is 0.0462. The van der Waals surface area contributed by atoms with Gasteiger partial charge in [-0.1, -0.05) is 17.7 Å². The monoisotopic (exact) mass is 338 g/mol. The Morgan fingerprint density at radius 1 is 1.08 bits per heavy atom. The van der Waals surface area contributed by atoms with Crippen LogP contribution >= 0.6 is 0 Å². The molecule has 0 bridgehead atoms. The van der Waals surface area contributed by atoms with E-state index in [2.05, 4.69) is 15.1 Å². The Balaban J connectivity index is 1.75. The first-order chi connectivity index (χ1) is 11.8. The number of nitrogens with zero attached hydrogens (tertiary/aromatic N) is 4. The first kappa shape index (κ1) is 16.8. The minimum absolute atomic E-state index is 0.116. The summed E-state index contributed by atoms with van der Waals surface area (Å²) in [6.07, 6.45) is 0. The molecule has 1 aromatic carbocycles. The average Bonchev–Trinajstić information content (AvgIpc) is 2.99. The third-order valence-corrected chi connectivity index (χ3v) is 3.83. The van der Waals surface area contributed by atoms with E-state index in [0.717, 1.165) is 22.5 Å². The van der Waals surface area contributed by atoms with Gasteiger partial charge in [-0.15, -0.1) is 5.10 Å². The number of ketones is 1. The molecule has 0 N–H and O–H groups in total. The summed E-state index contributed by atoms with van der Waals surface area (Å²) in [5.74, 6) is -0.801. The van der Waals surface area contributed by atoms with Gasteiger partial charge in [-0.2, -0.15) is 4.98 Å². The summed E-state index contributed by atoms with van der Waals surface area (Å²) >= 11 is 0. The molecule has 0 saturated carbocycles. The molecule has 0 atom stereocenters. The maximum Gasteiger partial charge on any atom is 0.378 e. The molecule has 0 saturated heterocycles. The number of carbonyl (C=O) groups excluding carboxylic acids is 2. The van der Waals surface area contributed by atoms with E-state index in [1.54, 1.807) is 6.07 Å². The van der Waals surface area contributed by atoms with Crippen molar-refractivity contribution in [2.24, 2.45) is 0 Å². The number of aromatic nitrogens is 4. The Bertz CT molecular complexity index is 991. The summed E-state index contributed by atoms with van der Waals surface area (Å²) < 4.78 is 6.55. The van der Waals surface area contributed by atoms with E-state index < -0.39 is 5.97 Å². The molecule has 7 nitrogen and oxygen atoms in total. The highest BCUT2D eigenvalue weighted by atomic mass is 16.5. The summed E-state index contributed by atoms with van der Waals surface area (Å²) in [6, 6.07) is 7.41. The van der Waals surface area contributed by atoms with E-state index >= 15 is 0 Å². The second-order valence-corrected chi connectivity index (χ2v) is 6.00. The van der Waals surface area contributed by atoms with Crippen LogP contribution in [0.1, 0.15) is 43.5 Å². The van der Waals surface area contributed by atoms with Crippen LogP contribution in [0.25, 0.3) is 5.78 Å². The van der Waals surface area contributed by atoms with E-state index in [-0.39, 0.29) is 18.2 Å². The molecule has 128 valence electrons. The number of fused-ring (bicyclic) bond motifs is 1. The molecule has 0 aliphatic heterocycles. The Kier molecular flexibility index (Phi) is 4.31. The number of aryl methyl sites for hydroxylation is 4. The number of ether oxygens (including phenoxy) is 1. The first-order valence-corrected chi connectivity index (χ1v) is 7.84. The summed E-state index contributed by atoms with van der Waals surface area (Å²) in [6.45, 7) is 7.07. The van der Waals surface area contributed by atoms with Gasteiger partial charge in [-0.25, -0.2) is 14.3 Å². The lowest BCUT2D eigenvalue weighted by Gasteiger charge is -2.06. The van der Waals surface area contributed by atoms with Crippen molar-refractivity contribution >= 4 is 17.5 Å². The lowest BCUT2D eigenvalue weighted by atomic mass is 10.0. The molecule has 7 heteroatoms. The maximum absolute atomic E-state index is 12.3. The van der Waals surface area contributed by atoms with Gasteiger partial charge in [0.2, 0.25) is 5.78 Å². The van der Waals surface area contributed by atoms with Gasteiger partial charge in [-0.3, -0.25) is 4.79 Å². The molecular weight excluding hydrogens is 320 g/mol. The summed E-state index contributed by atoms with van der Waals surface area (Å²) in [7, 11) is 0. The third-order valence-electron chi connectivity index (χ3n) is 3.83. The number of carbonyl (C=O) groups is 2. The smallest absolute Gasteiger partial charge is 0.378 e. The molecule has 0 amide bonds. The topological polar surface area (TPSA) is 86.5 Å². The predicted molar refractivity (Wildman–Crippen MR) is 90.8 cm³/mol. The molecule has 2 heterocycles. The fourth-order valence-electron chi connectivity index (χ4n) is 2.56. The highest BCUT2D eigenvalue weighted by molar-refractivity contribution is 6.00. The van der Waals surface area contributed by atoms with Crippen LogP contribution in [0.5, 0.6) is 0 Å². The Hall–Kier alpha value is -3.09. The number of benzene rings is 1. The number of rotatable bonds is 4. The molecule has 25 heavy (non-hydrogen) atoms. The average molecular weight is 338 g/mol. The second kappa shape index (κ2) is 6.43. The van der Waals surface area contributed by atoms with E-state index in [1.807, 2.05) is 45.9 Å². The zero-order valence-electron chi connectivity index (χ0n) is 14.5. The van der Waals surface area contributed by atoms with Crippen molar-refractivity contribution in [3.63, 3.8) is 0 Å². The first-order valence-electron chi connectivity index (χ1n) is 7.84. The van der Waals surface area contributed by atoms with Crippen molar-refractivity contribution in [2.75, 3.05) is 6.61 Å². The van der Waals surface area contributed by atoms with Gasteiger partial charge in [-0.05, 0) is 45.4 Å². The molecule has 2 aromatic heterocycles. The highest BCUT2D eigenvalue weighted by Gasteiger charge is 2.19. The van der Waals surface area contributed by atoms with Gasteiger partial charge in [0.25, 0.3) is 11.6 Å². The van der Waals surface area contributed by atoms with Gasteiger partial charge >= 0.3 is 5.97 Å². The molecule has 0 radical (unpaired) electrons. The highest BCUT2D eigenvalue weighted by Crippen LogP contribution is 2.12. The van der Waals surface area contributed by atoms with Gasteiger partial charge in [0.15, 0.2) is 6.61 Å².